The molecule has 0 bridgehead atoms. The summed E-state index contributed by atoms with van der Waals surface area (Å²) in [6, 6.07) is 12.2. The Labute approximate surface area is 124 Å². The Kier molecular flexibility index (Phi) is 4.93. The minimum Gasteiger partial charge on any atom is -0.381 e. The molecule has 0 saturated heterocycles. The Balaban J connectivity index is 2.10. The number of amides is 1. The molecule has 0 aliphatic carbocycles. The van der Waals surface area contributed by atoms with Crippen LogP contribution in [0.25, 0.3) is 0 Å². The molecular formula is C17H19FN2O. The quantitative estimate of drug-likeness (QED) is 0.869. The second-order valence-electron chi connectivity index (χ2n) is 4.86. The van der Waals surface area contributed by atoms with Crippen molar-refractivity contribution in [3.05, 3.63) is 59.4 Å². The van der Waals surface area contributed by atoms with E-state index in [4.69, 9.17) is 0 Å². The van der Waals surface area contributed by atoms with Crippen LogP contribution < -0.4 is 10.6 Å². The van der Waals surface area contributed by atoms with Gasteiger partial charge >= 0.3 is 0 Å². The number of rotatable bonds is 5. The highest BCUT2D eigenvalue weighted by molar-refractivity contribution is 5.92. The van der Waals surface area contributed by atoms with Crippen LogP contribution in [0.1, 0.15) is 24.5 Å². The number of halogens is 1. The van der Waals surface area contributed by atoms with Gasteiger partial charge in [0.25, 0.3) is 0 Å². The molecule has 2 aromatic carbocycles. The molecule has 0 saturated carbocycles. The van der Waals surface area contributed by atoms with Gasteiger partial charge in [-0.1, -0.05) is 25.1 Å². The van der Waals surface area contributed by atoms with Crippen molar-refractivity contribution in [1.82, 2.24) is 0 Å². The van der Waals surface area contributed by atoms with E-state index in [1.165, 1.54) is 12.1 Å². The summed E-state index contributed by atoms with van der Waals surface area (Å²) in [5.41, 5.74) is 3.56. The normalized spacial score (nSPS) is 10.2. The first-order chi connectivity index (χ1) is 10.1. The van der Waals surface area contributed by atoms with E-state index in [2.05, 4.69) is 10.6 Å². The topological polar surface area (TPSA) is 41.1 Å². The Hall–Kier alpha value is -2.36. The number of hydrogen-bond acceptors (Lipinski definition) is 2. The summed E-state index contributed by atoms with van der Waals surface area (Å²) < 4.78 is 13.1. The first kappa shape index (κ1) is 15.0. The summed E-state index contributed by atoms with van der Waals surface area (Å²) in [5, 5.41) is 6.14. The number of hydrogen-bond donors (Lipinski definition) is 2. The van der Waals surface area contributed by atoms with Crippen LogP contribution in [-0.4, -0.2) is 5.91 Å². The highest BCUT2D eigenvalue weighted by atomic mass is 19.1. The lowest BCUT2D eigenvalue weighted by atomic mass is 10.1. The number of anilines is 2. The zero-order chi connectivity index (χ0) is 15.2. The molecule has 0 aromatic heterocycles. The molecule has 0 atom stereocenters. The number of carbonyl (C=O) groups excluding carboxylic acids is 1. The van der Waals surface area contributed by atoms with Crippen LogP contribution in [0.15, 0.2) is 42.5 Å². The molecule has 1 amide bonds. The molecule has 0 fully saturated rings. The second-order valence-corrected chi connectivity index (χ2v) is 4.86. The van der Waals surface area contributed by atoms with Crippen molar-refractivity contribution in [2.24, 2.45) is 0 Å². The van der Waals surface area contributed by atoms with Gasteiger partial charge in [-0.15, -0.1) is 0 Å². The molecule has 2 rings (SSSR count). The standard InChI is InChI=1S/C17H19FN2O/c1-3-17(21)20-16-9-5-8-15(12(16)2)19-11-13-6-4-7-14(18)10-13/h4-10,19H,3,11H2,1-2H3,(H,20,21). The van der Waals surface area contributed by atoms with Crippen molar-refractivity contribution >= 4 is 17.3 Å². The molecule has 0 aliphatic heterocycles. The van der Waals surface area contributed by atoms with Crippen molar-refractivity contribution in [2.75, 3.05) is 10.6 Å². The fraction of sp³-hybridized carbons (Fsp3) is 0.235. The third kappa shape index (κ3) is 4.05. The molecule has 0 radical (unpaired) electrons. The molecule has 110 valence electrons. The van der Waals surface area contributed by atoms with E-state index in [1.807, 2.05) is 38.1 Å². The van der Waals surface area contributed by atoms with E-state index in [9.17, 15) is 9.18 Å². The van der Waals surface area contributed by atoms with E-state index in [0.717, 1.165) is 22.5 Å². The minimum absolute atomic E-state index is 0.0135. The van der Waals surface area contributed by atoms with E-state index < -0.39 is 0 Å². The third-order valence-electron chi connectivity index (χ3n) is 3.30. The van der Waals surface area contributed by atoms with Crippen molar-refractivity contribution in [1.29, 1.82) is 0 Å². The summed E-state index contributed by atoms with van der Waals surface area (Å²) in [7, 11) is 0. The maximum absolute atomic E-state index is 13.1. The van der Waals surface area contributed by atoms with E-state index >= 15 is 0 Å². The first-order valence-electron chi connectivity index (χ1n) is 6.98. The molecule has 2 N–H and O–H groups in total. The van der Waals surface area contributed by atoms with Crippen LogP contribution in [-0.2, 0) is 11.3 Å². The first-order valence-corrected chi connectivity index (χ1v) is 6.98. The Morgan fingerprint density at radius 1 is 1.14 bits per heavy atom. The van der Waals surface area contributed by atoms with Crippen LogP contribution in [0.5, 0.6) is 0 Å². The SMILES string of the molecule is CCC(=O)Nc1cccc(NCc2cccc(F)c2)c1C. The van der Waals surface area contributed by atoms with Crippen molar-refractivity contribution in [2.45, 2.75) is 26.8 Å². The lowest BCUT2D eigenvalue weighted by molar-refractivity contribution is -0.115. The highest BCUT2D eigenvalue weighted by Crippen LogP contribution is 2.24. The second kappa shape index (κ2) is 6.88. The molecule has 2 aromatic rings. The molecule has 0 spiro atoms. The fourth-order valence-corrected chi connectivity index (χ4v) is 2.05. The smallest absolute Gasteiger partial charge is 0.224 e. The lowest BCUT2D eigenvalue weighted by Crippen LogP contribution is -2.11. The zero-order valence-corrected chi connectivity index (χ0v) is 12.2. The van der Waals surface area contributed by atoms with Gasteiger partial charge in [0, 0.05) is 24.3 Å². The third-order valence-corrected chi connectivity index (χ3v) is 3.30. The van der Waals surface area contributed by atoms with Gasteiger partial charge in [-0.05, 0) is 42.3 Å². The van der Waals surface area contributed by atoms with Gasteiger partial charge in [0.1, 0.15) is 5.82 Å². The molecule has 0 aliphatic rings. The van der Waals surface area contributed by atoms with Gasteiger partial charge in [0.05, 0.1) is 0 Å². The van der Waals surface area contributed by atoms with Gasteiger partial charge in [-0.25, -0.2) is 4.39 Å². The Morgan fingerprint density at radius 2 is 1.86 bits per heavy atom. The van der Waals surface area contributed by atoms with E-state index in [0.29, 0.717) is 13.0 Å². The zero-order valence-electron chi connectivity index (χ0n) is 12.2. The van der Waals surface area contributed by atoms with Crippen molar-refractivity contribution in [3.63, 3.8) is 0 Å². The summed E-state index contributed by atoms with van der Waals surface area (Å²) in [6.45, 7) is 4.29. The number of nitrogens with one attached hydrogen (secondary N) is 2. The van der Waals surface area contributed by atoms with Gasteiger partial charge in [0.2, 0.25) is 5.91 Å². The highest BCUT2D eigenvalue weighted by Gasteiger charge is 2.06. The van der Waals surface area contributed by atoms with Crippen LogP contribution >= 0.6 is 0 Å². The molecule has 3 nitrogen and oxygen atoms in total. The molecule has 21 heavy (non-hydrogen) atoms. The molecule has 0 heterocycles. The van der Waals surface area contributed by atoms with E-state index in [-0.39, 0.29) is 11.7 Å². The van der Waals surface area contributed by atoms with Crippen LogP contribution in [0.4, 0.5) is 15.8 Å². The van der Waals surface area contributed by atoms with Gasteiger partial charge in [-0.2, -0.15) is 0 Å². The minimum atomic E-state index is -0.241. The van der Waals surface area contributed by atoms with E-state index in [1.54, 1.807) is 6.07 Å². The molecular weight excluding hydrogens is 267 g/mol. The van der Waals surface area contributed by atoms with Crippen LogP contribution in [0, 0.1) is 12.7 Å². The Bertz CT molecular complexity index is 640. The summed E-state index contributed by atoms with van der Waals surface area (Å²) in [5.74, 6) is -0.254. The molecule has 4 heteroatoms. The number of carbonyl (C=O) groups is 1. The van der Waals surface area contributed by atoms with Gasteiger partial charge < -0.3 is 10.6 Å². The van der Waals surface area contributed by atoms with Crippen LogP contribution in [0.3, 0.4) is 0 Å². The predicted molar refractivity (Wildman–Crippen MR) is 83.8 cm³/mol. The van der Waals surface area contributed by atoms with Crippen LogP contribution in [0.2, 0.25) is 0 Å². The fourth-order valence-electron chi connectivity index (χ4n) is 2.05. The predicted octanol–water partition coefficient (Wildman–Crippen LogP) is 4.09. The maximum atomic E-state index is 13.1. The maximum Gasteiger partial charge on any atom is 0.224 e. The average molecular weight is 286 g/mol. The largest absolute Gasteiger partial charge is 0.381 e. The Morgan fingerprint density at radius 3 is 2.57 bits per heavy atom. The van der Waals surface area contributed by atoms with Crippen molar-refractivity contribution in [3.8, 4) is 0 Å². The van der Waals surface area contributed by atoms with Crippen molar-refractivity contribution < 1.29 is 9.18 Å². The summed E-state index contributed by atoms with van der Waals surface area (Å²) in [4.78, 5) is 11.5. The average Bonchev–Trinajstić information content (AvgIpc) is 2.48. The lowest BCUT2D eigenvalue weighted by Gasteiger charge is -2.14. The van der Waals surface area contributed by atoms with Gasteiger partial charge in [0.15, 0.2) is 0 Å². The number of benzene rings is 2. The monoisotopic (exact) mass is 286 g/mol. The summed E-state index contributed by atoms with van der Waals surface area (Å²) in [6.07, 6.45) is 0.445. The van der Waals surface area contributed by atoms with Gasteiger partial charge in [-0.3, -0.25) is 4.79 Å². The molecule has 0 unspecified atom stereocenters. The summed E-state index contributed by atoms with van der Waals surface area (Å²) >= 11 is 0.